The van der Waals surface area contributed by atoms with E-state index in [0.29, 0.717) is 6.07 Å². The summed E-state index contributed by atoms with van der Waals surface area (Å²) < 4.78 is 42.7. The highest BCUT2D eigenvalue weighted by Crippen LogP contribution is 2.36. The number of alkyl halides is 3. The Bertz CT molecular complexity index is 493. The molecule has 0 aliphatic carbocycles. The summed E-state index contributed by atoms with van der Waals surface area (Å²) in [5, 5.41) is 19.2. The molecule has 112 valence electrons. The monoisotopic (exact) mass is 294 g/mol. The zero-order chi connectivity index (χ0) is 15.5. The number of hydrogen-bond acceptors (Lipinski definition) is 5. The zero-order valence-corrected chi connectivity index (χ0v) is 10.4. The lowest BCUT2D eigenvalue weighted by molar-refractivity contribution is -0.139. The highest BCUT2D eigenvalue weighted by molar-refractivity contribution is 5.74. The quantitative estimate of drug-likeness (QED) is 0.728. The summed E-state index contributed by atoms with van der Waals surface area (Å²) in [6, 6.07) is 0.598. The topological polar surface area (TPSA) is 106 Å². The van der Waals surface area contributed by atoms with Crippen molar-refractivity contribution >= 4 is 5.91 Å². The number of methoxy groups -OCH3 is 1. The minimum Gasteiger partial charge on any atom is -0.481 e. The summed E-state index contributed by atoms with van der Waals surface area (Å²) in [5.74, 6) is -1.55. The number of halogens is 3. The van der Waals surface area contributed by atoms with Gasteiger partial charge >= 0.3 is 6.18 Å². The Morgan fingerprint density at radius 2 is 2.10 bits per heavy atom. The van der Waals surface area contributed by atoms with Crippen LogP contribution in [0.15, 0.2) is 12.3 Å². The number of primary amides is 1. The standard InChI is InChI=1S/C11H13F3N2O4/c1-20-10-6(11(12,13)14)2-5(4-16-10)9(19)7(17)3-8(15)18/h2,4,7,9,17,19H,3H2,1H3,(H2,15,18). The molecule has 0 saturated carbocycles. The fourth-order valence-electron chi connectivity index (χ4n) is 1.54. The molecule has 2 atom stereocenters. The molecule has 1 aromatic heterocycles. The molecule has 0 aliphatic rings. The van der Waals surface area contributed by atoms with E-state index in [1.165, 1.54) is 0 Å². The van der Waals surface area contributed by atoms with Gasteiger partial charge in [-0.3, -0.25) is 4.79 Å². The Hall–Kier alpha value is -1.87. The van der Waals surface area contributed by atoms with Gasteiger partial charge in [0.2, 0.25) is 11.8 Å². The fourth-order valence-corrected chi connectivity index (χ4v) is 1.54. The average molecular weight is 294 g/mol. The first-order chi connectivity index (χ1) is 9.16. The molecule has 0 spiro atoms. The maximum atomic E-state index is 12.8. The summed E-state index contributed by atoms with van der Waals surface area (Å²) >= 11 is 0. The number of rotatable bonds is 5. The van der Waals surface area contributed by atoms with Gasteiger partial charge in [-0.05, 0) is 6.07 Å². The van der Waals surface area contributed by atoms with E-state index in [2.05, 4.69) is 9.72 Å². The number of amides is 1. The predicted octanol–water partition coefficient (Wildman–Crippen LogP) is 0.379. The second kappa shape index (κ2) is 6.06. The molecule has 1 rings (SSSR count). The van der Waals surface area contributed by atoms with Gasteiger partial charge in [0, 0.05) is 11.8 Å². The minimum absolute atomic E-state index is 0.299. The molecule has 1 aromatic rings. The van der Waals surface area contributed by atoms with Gasteiger partial charge in [-0.2, -0.15) is 13.2 Å². The number of pyridine rings is 1. The number of carbonyl (C=O) groups is 1. The number of nitrogens with zero attached hydrogens (tertiary/aromatic N) is 1. The molecular formula is C11H13F3N2O4. The Balaban J connectivity index is 3.11. The number of aliphatic hydroxyl groups excluding tert-OH is 2. The zero-order valence-electron chi connectivity index (χ0n) is 10.4. The lowest BCUT2D eigenvalue weighted by atomic mass is 10.0. The van der Waals surface area contributed by atoms with E-state index < -0.39 is 42.2 Å². The molecule has 20 heavy (non-hydrogen) atoms. The van der Waals surface area contributed by atoms with Crippen molar-refractivity contribution in [2.45, 2.75) is 24.8 Å². The van der Waals surface area contributed by atoms with Crippen LogP contribution in [0, 0.1) is 0 Å². The molecule has 9 heteroatoms. The summed E-state index contributed by atoms with van der Waals surface area (Å²) in [6.07, 6.45) is -7.74. The van der Waals surface area contributed by atoms with Gasteiger partial charge in [0.05, 0.1) is 19.6 Å². The number of ether oxygens (including phenoxy) is 1. The highest BCUT2D eigenvalue weighted by atomic mass is 19.4. The maximum absolute atomic E-state index is 12.8. The Kier molecular flexibility index (Phi) is 4.90. The first-order valence-electron chi connectivity index (χ1n) is 5.42. The molecular weight excluding hydrogens is 281 g/mol. The van der Waals surface area contributed by atoms with E-state index in [4.69, 9.17) is 5.73 Å². The van der Waals surface area contributed by atoms with Gasteiger partial charge in [-0.15, -0.1) is 0 Å². The smallest absolute Gasteiger partial charge is 0.421 e. The normalized spacial score (nSPS) is 14.7. The van der Waals surface area contributed by atoms with Crippen molar-refractivity contribution in [1.29, 1.82) is 0 Å². The molecule has 0 saturated heterocycles. The number of aliphatic hydroxyl groups is 2. The van der Waals surface area contributed by atoms with Gasteiger partial charge in [-0.1, -0.05) is 0 Å². The summed E-state index contributed by atoms with van der Waals surface area (Å²) in [6.45, 7) is 0. The van der Waals surface area contributed by atoms with Crippen LogP contribution in [0.2, 0.25) is 0 Å². The fraction of sp³-hybridized carbons (Fsp3) is 0.455. The molecule has 4 N–H and O–H groups in total. The van der Waals surface area contributed by atoms with E-state index in [-0.39, 0.29) is 5.56 Å². The van der Waals surface area contributed by atoms with Crippen LogP contribution < -0.4 is 10.5 Å². The van der Waals surface area contributed by atoms with Crippen LogP contribution in [0.25, 0.3) is 0 Å². The van der Waals surface area contributed by atoms with Crippen LogP contribution in [-0.4, -0.2) is 34.3 Å². The summed E-state index contributed by atoms with van der Waals surface area (Å²) in [4.78, 5) is 14.0. The first-order valence-corrected chi connectivity index (χ1v) is 5.42. The molecule has 0 aliphatic heterocycles. The van der Waals surface area contributed by atoms with E-state index in [9.17, 15) is 28.2 Å². The first kappa shape index (κ1) is 16.2. The SMILES string of the molecule is COc1ncc(C(O)C(O)CC(N)=O)cc1C(F)(F)F. The van der Waals surface area contributed by atoms with Crippen molar-refractivity contribution in [2.24, 2.45) is 5.73 Å². The lowest BCUT2D eigenvalue weighted by Gasteiger charge is -2.18. The van der Waals surface area contributed by atoms with Gasteiger partial charge in [0.25, 0.3) is 0 Å². The molecule has 0 fully saturated rings. The maximum Gasteiger partial charge on any atom is 0.421 e. The number of aromatic nitrogens is 1. The van der Waals surface area contributed by atoms with Gasteiger partial charge in [-0.25, -0.2) is 4.98 Å². The lowest BCUT2D eigenvalue weighted by Crippen LogP contribution is -2.26. The van der Waals surface area contributed by atoms with Crippen molar-refractivity contribution in [3.8, 4) is 5.88 Å². The van der Waals surface area contributed by atoms with Crippen LogP contribution in [0.5, 0.6) is 5.88 Å². The molecule has 0 aromatic carbocycles. The van der Waals surface area contributed by atoms with Crippen LogP contribution in [0.4, 0.5) is 13.2 Å². The van der Waals surface area contributed by atoms with Gasteiger partial charge in [0.15, 0.2) is 0 Å². The molecule has 1 amide bonds. The third kappa shape index (κ3) is 3.81. The molecule has 6 nitrogen and oxygen atoms in total. The molecule has 1 heterocycles. The van der Waals surface area contributed by atoms with Crippen LogP contribution in [0.1, 0.15) is 23.7 Å². The van der Waals surface area contributed by atoms with Gasteiger partial charge < -0.3 is 20.7 Å². The van der Waals surface area contributed by atoms with Crippen molar-refractivity contribution in [2.75, 3.05) is 7.11 Å². The second-order valence-corrected chi connectivity index (χ2v) is 4.01. The minimum atomic E-state index is -4.73. The molecule has 0 bridgehead atoms. The second-order valence-electron chi connectivity index (χ2n) is 4.01. The predicted molar refractivity (Wildman–Crippen MR) is 60.6 cm³/mol. The number of hydrogen-bond donors (Lipinski definition) is 3. The van der Waals surface area contributed by atoms with Crippen LogP contribution >= 0.6 is 0 Å². The van der Waals surface area contributed by atoms with Crippen LogP contribution in [0.3, 0.4) is 0 Å². The third-order valence-corrected chi connectivity index (χ3v) is 2.49. The van der Waals surface area contributed by atoms with E-state index in [1.54, 1.807) is 0 Å². The van der Waals surface area contributed by atoms with Crippen molar-refractivity contribution in [1.82, 2.24) is 4.98 Å². The third-order valence-electron chi connectivity index (χ3n) is 2.49. The van der Waals surface area contributed by atoms with E-state index in [0.717, 1.165) is 13.3 Å². The average Bonchev–Trinajstić information content (AvgIpc) is 2.35. The number of nitrogens with two attached hydrogens (primary N) is 1. The largest absolute Gasteiger partial charge is 0.481 e. The van der Waals surface area contributed by atoms with Crippen molar-refractivity contribution in [3.63, 3.8) is 0 Å². The van der Waals surface area contributed by atoms with E-state index >= 15 is 0 Å². The number of carbonyl (C=O) groups excluding carboxylic acids is 1. The summed E-state index contributed by atoms with van der Waals surface area (Å²) in [7, 11) is 1.02. The van der Waals surface area contributed by atoms with Crippen LogP contribution in [-0.2, 0) is 11.0 Å². The molecule has 0 radical (unpaired) electrons. The Morgan fingerprint density at radius 3 is 2.55 bits per heavy atom. The molecule has 2 unspecified atom stereocenters. The van der Waals surface area contributed by atoms with E-state index in [1.807, 2.05) is 0 Å². The van der Waals surface area contributed by atoms with Crippen molar-refractivity contribution in [3.05, 3.63) is 23.4 Å². The highest BCUT2D eigenvalue weighted by Gasteiger charge is 2.36. The van der Waals surface area contributed by atoms with Crippen molar-refractivity contribution < 1.29 is 32.9 Å². The van der Waals surface area contributed by atoms with Gasteiger partial charge in [0.1, 0.15) is 11.7 Å². The Morgan fingerprint density at radius 1 is 1.50 bits per heavy atom. The summed E-state index contributed by atoms with van der Waals surface area (Å²) in [5.41, 5.74) is 3.34. The Labute approximate surface area is 112 Å².